The summed E-state index contributed by atoms with van der Waals surface area (Å²) in [4.78, 5) is 18.8. The molecule has 0 saturated carbocycles. The molecule has 0 fully saturated rings. The zero-order valence-electron chi connectivity index (χ0n) is 9.54. The normalized spacial score (nSPS) is 10.5. The van der Waals surface area contributed by atoms with Crippen molar-refractivity contribution < 1.29 is 19.7 Å². The van der Waals surface area contributed by atoms with E-state index in [0.29, 0.717) is 29.8 Å². The average Bonchev–Trinajstić information content (AvgIpc) is 2.38. The molecule has 1 aromatic carbocycles. The number of benzene rings is 1. The van der Waals surface area contributed by atoms with Gasteiger partial charge in [-0.1, -0.05) is 0 Å². The second-order valence-electron chi connectivity index (χ2n) is 3.64. The maximum Gasteiger partial charge on any atom is 0.335 e. The molecule has 2 aromatic rings. The number of carboxylic acid groups (broad SMARTS) is 1. The summed E-state index contributed by atoms with van der Waals surface area (Å²) in [6.07, 6.45) is 1.83. The van der Waals surface area contributed by atoms with Crippen LogP contribution in [-0.2, 0) is 0 Å². The quantitative estimate of drug-likeness (QED) is 0.769. The molecule has 2 N–H and O–H groups in total. The zero-order valence-corrected chi connectivity index (χ0v) is 9.54. The molecule has 0 aliphatic rings. The molecule has 0 atom stereocenters. The Morgan fingerprint density at radius 2 is 2.17 bits per heavy atom. The molecule has 18 heavy (non-hydrogen) atoms. The third-order valence-corrected chi connectivity index (χ3v) is 2.39. The van der Waals surface area contributed by atoms with Gasteiger partial charge in [-0.3, -0.25) is 0 Å². The minimum atomic E-state index is -1.00. The van der Waals surface area contributed by atoms with Gasteiger partial charge in [0.15, 0.2) is 0 Å². The summed E-state index contributed by atoms with van der Waals surface area (Å²) < 4.78 is 5.40. The summed E-state index contributed by atoms with van der Waals surface area (Å²) in [7, 11) is 0. The van der Waals surface area contributed by atoms with Gasteiger partial charge in [0.1, 0.15) is 6.33 Å². The maximum absolute atomic E-state index is 10.8. The molecule has 1 heterocycles. The number of hydrogen-bond acceptors (Lipinski definition) is 5. The second kappa shape index (κ2) is 5.42. The third-order valence-electron chi connectivity index (χ3n) is 2.39. The van der Waals surface area contributed by atoms with E-state index in [1.807, 2.05) is 0 Å². The van der Waals surface area contributed by atoms with Crippen molar-refractivity contribution in [1.82, 2.24) is 9.97 Å². The fraction of sp³-hybridized carbons (Fsp3) is 0.250. The van der Waals surface area contributed by atoms with Gasteiger partial charge < -0.3 is 14.9 Å². The lowest BCUT2D eigenvalue weighted by Crippen LogP contribution is -2.03. The molecule has 0 saturated heterocycles. The Kier molecular flexibility index (Phi) is 3.69. The van der Waals surface area contributed by atoms with Crippen LogP contribution in [0.1, 0.15) is 16.8 Å². The van der Waals surface area contributed by atoms with Crippen LogP contribution in [0.5, 0.6) is 5.88 Å². The Balaban J connectivity index is 2.34. The standard InChI is InChI=1S/C12H12N2O4/c15-4-1-5-18-11-9-3-2-8(12(16)17)6-10(9)13-7-14-11/h2-3,6-7,15H,1,4-5H2,(H,16,17). The lowest BCUT2D eigenvalue weighted by molar-refractivity contribution is 0.0697. The van der Waals surface area contributed by atoms with Gasteiger partial charge in [0.25, 0.3) is 0 Å². The minimum absolute atomic E-state index is 0.0478. The largest absolute Gasteiger partial charge is 0.478 e. The van der Waals surface area contributed by atoms with E-state index in [0.717, 1.165) is 0 Å². The monoisotopic (exact) mass is 248 g/mol. The molecule has 0 aliphatic carbocycles. The molecular weight excluding hydrogens is 236 g/mol. The lowest BCUT2D eigenvalue weighted by atomic mass is 10.1. The Hall–Kier alpha value is -2.21. The first-order valence-electron chi connectivity index (χ1n) is 5.44. The summed E-state index contributed by atoms with van der Waals surface area (Å²) in [6, 6.07) is 4.57. The zero-order chi connectivity index (χ0) is 13.0. The SMILES string of the molecule is O=C(O)c1ccc2c(OCCCO)ncnc2c1. The van der Waals surface area contributed by atoms with Crippen LogP contribution in [0.15, 0.2) is 24.5 Å². The molecule has 0 bridgehead atoms. The molecule has 6 heteroatoms. The fourth-order valence-electron chi connectivity index (χ4n) is 1.51. The van der Waals surface area contributed by atoms with Gasteiger partial charge in [-0.15, -0.1) is 0 Å². The van der Waals surface area contributed by atoms with E-state index in [-0.39, 0.29) is 12.2 Å². The number of rotatable bonds is 5. The number of carbonyl (C=O) groups is 1. The first-order chi connectivity index (χ1) is 8.72. The van der Waals surface area contributed by atoms with Crippen LogP contribution in [0.2, 0.25) is 0 Å². The van der Waals surface area contributed by atoms with E-state index in [4.69, 9.17) is 14.9 Å². The number of nitrogens with zero attached hydrogens (tertiary/aromatic N) is 2. The van der Waals surface area contributed by atoms with Gasteiger partial charge in [-0.25, -0.2) is 14.8 Å². The third kappa shape index (κ3) is 2.54. The van der Waals surface area contributed by atoms with Crippen LogP contribution in [0, 0.1) is 0 Å². The summed E-state index contributed by atoms with van der Waals surface area (Å²) in [5, 5.41) is 18.2. The smallest absolute Gasteiger partial charge is 0.335 e. The van der Waals surface area contributed by atoms with E-state index in [2.05, 4.69) is 9.97 Å². The van der Waals surface area contributed by atoms with Gasteiger partial charge in [0.05, 0.1) is 23.1 Å². The Morgan fingerprint density at radius 1 is 1.33 bits per heavy atom. The predicted octanol–water partition coefficient (Wildman–Crippen LogP) is 1.09. The highest BCUT2D eigenvalue weighted by atomic mass is 16.5. The van der Waals surface area contributed by atoms with Gasteiger partial charge in [-0.05, 0) is 18.2 Å². The first kappa shape index (κ1) is 12.3. The van der Waals surface area contributed by atoms with Crippen molar-refractivity contribution in [1.29, 1.82) is 0 Å². The van der Waals surface area contributed by atoms with Gasteiger partial charge in [0.2, 0.25) is 5.88 Å². The molecule has 0 amide bonds. The van der Waals surface area contributed by atoms with E-state index in [9.17, 15) is 4.79 Å². The molecular formula is C12H12N2O4. The lowest BCUT2D eigenvalue weighted by Gasteiger charge is -2.07. The van der Waals surface area contributed by atoms with Crippen molar-refractivity contribution in [3.05, 3.63) is 30.1 Å². The van der Waals surface area contributed by atoms with Gasteiger partial charge in [-0.2, -0.15) is 0 Å². The Morgan fingerprint density at radius 3 is 2.89 bits per heavy atom. The van der Waals surface area contributed by atoms with Crippen molar-refractivity contribution in [2.45, 2.75) is 6.42 Å². The molecule has 0 radical (unpaired) electrons. The van der Waals surface area contributed by atoms with Crippen LogP contribution >= 0.6 is 0 Å². The number of hydrogen-bond donors (Lipinski definition) is 2. The number of aromatic nitrogens is 2. The predicted molar refractivity (Wildman–Crippen MR) is 63.7 cm³/mol. The molecule has 0 aliphatic heterocycles. The van der Waals surface area contributed by atoms with Crippen molar-refractivity contribution in [2.75, 3.05) is 13.2 Å². The van der Waals surface area contributed by atoms with Crippen LogP contribution in [0.4, 0.5) is 0 Å². The highest BCUT2D eigenvalue weighted by molar-refractivity contribution is 5.94. The van der Waals surface area contributed by atoms with Gasteiger partial charge >= 0.3 is 5.97 Å². The number of fused-ring (bicyclic) bond motifs is 1. The highest BCUT2D eigenvalue weighted by Crippen LogP contribution is 2.22. The summed E-state index contributed by atoms with van der Waals surface area (Å²) in [5.74, 6) is -0.608. The first-order valence-corrected chi connectivity index (χ1v) is 5.44. The number of aliphatic hydroxyl groups is 1. The van der Waals surface area contributed by atoms with Crippen molar-refractivity contribution in [3.8, 4) is 5.88 Å². The highest BCUT2D eigenvalue weighted by Gasteiger charge is 2.08. The van der Waals surface area contributed by atoms with Crippen molar-refractivity contribution in [3.63, 3.8) is 0 Å². The Labute approximate surface area is 103 Å². The summed E-state index contributed by atoms with van der Waals surface area (Å²) in [5.41, 5.74) is 0.686. The van der Waals surface area contributed by atoms with E-state index < -0.39 is 5.97 Å². The molecule has 1 aromatic heterocycles. The number of ether oxygens (including phenoxy) is 1. The van der Waals surface area contributed by atoms with Crippen molar-refractivity contribution >= 4 is 16.9 Å². The number of aromatic carboxylic acids is 1. The molecule has 6 nitrogen and oxygen atoms in total. The minimum Gasteiger partial charge on any atom is -0.478 e. The Bertz CT molecular complexity index is 571. The van der Waals surface area contributed by atoms with Crippen molar-refractivity contribution in [2.24, 2.45) is 0 Å². The van der Waals surface area contributed by atoms with Gasteiger partial charge in [0, 0.05) is 13.0 Å². The van der Waals surface area contributed by atoms with E-state index in [1.54, 1.807) is 6.07 Å². The molecule has 94 valence electrons. The van der Waals surface area contributed by atoms with E-state index >= 15 is 0 Å². The van der Waals surface area contributed by atoms with Crippen LogP contribution in [0.3, 0.4) is 0 Å². The molecule has 0 unspecified atom stereocenters. The van der Waals surface area contributed by atoms with Crippen LogP contribution in [-0.4, -0.2) is 39.4 Å². The molecule has 2 rings (SSSR count). The number of aliphatic hydroxyl groups excluding tert-OH is 1. The van der Waals surface area contributed by atoms with Crippen LogP contribution in [0.25, 0.3) is 10.9 Å². The van der Waals surface area contributed by atoms with Crippen LogP contribution < -0.4 is 4.74 Å². The fourth-order valence-corrected chi connectivity index (χ4v) is 1.51. The maximum atomic E-state index is 10.8. The summed E-state index contributed by atoms with van der Waals surface area (Å²) >= 11 is 0. The number of carboxylic acids is 1. The van der Waals surface area contributed by atoms with E-state index in [1.165, 1.54) is 18.5 Å². The summed E-state index contributed by atoms with van der Waals surface area (Å²) in [6.45, 7) is 0.398. The average molecular weight is 248 g/mol. The topological polar surface area (TPSA) is 92.5 Å². The second-order valence-corrected chi connectivity index (χ2v) is 3.64. The molecule has 0 spiro atoms.